The number of hydrogen-bond acceptors (Lipinski definition) is 4. The highest BCUT2D eigenvalue weighted by Crippen LogP contribution is 2.33. The van der Waals surface area contributed by atoms with Crippen molar-refractivity contribution in [2.24, 2.45) is 0 Å². The Balaban J connectivity index is 0.000000239. The highest BCUT2D eigenvalue weighted by atomic mass is 79.9. The first-order valence-electron chi connectivity index (χ1n) is 16.3. The summed E-state index contributed by atoms with van der Waals surface area (Å²) in [5.74, 6) is 1.89. The molecule has 0 bridgehead atoms. The quantitative estimate of drug-likeness (QED) is 0.138. The fourth-order valence-corrected chi connectivity index (χ4v) is 6.95. The summed E-state index contributed by atoms with van der Waals surface area (Å²) in [7, 11) is -3.31. The van der Waals surface area contributed by atoms with E-state index in [4.69, 9.17) is 9.29 Å². The van der Waals surface area contributed by atoms with Gasteiger partial charge in [0.2, 0.25) is 0 Å². The van der Waals surface area contributed by atoms with Gasteiger partial charge in [-0.1, -0.05) is 117 Å². The van der Waals surface area contributed by atoms with Crippen LogP contribution in [0.4, 0.5) is 0 Å². The van der Waals surface area contributed by atoms with Crippen LogP contribution in [-0.2, 0) is 14.3 Å². The van der Waals surface area contributed by atoms with Crippen molar-refractivity contribution in [1.29, 1.82) is 0 Å². The van der Waals surface area contributed by atoms with Gasteiger partial charge in [0.25, 0.3) is 10.1 Å². The van der Waals surface area contributed by atoms with Gasteiger partial charge in [-0.2, -0.15) is 8.42 Å². The summed E-state index contributed by atoms with van der Waals surface area (Å²) in [4.78, 5) is 0. The third-order valence-corrected chi connectivity index (χ3v) is 10.5. The summed E-state index contributed by atoms with van der Waals surface area (Å²) in [6, 6.07) is 25.6. The fraction of sp³-hybridized carbons (Fsp3) is 0.514. The van der Waals surface area contributed by atoms with Gasteiger partial charge in [-0.05, 0) is 122 Å². The molecule has 2 atom stereocenters. The molecule has 4 rings (SSSR count). The number of hydrogen-bond donors (Lipinski definition) is 1. The summed E-state index contributed by atoms with van der Waals surface area (Å²) in [6.45, 7) is 4.91. The molecule has 0 amide bonds. The highest BCUT2D eigenvalue weighted by molar-refractivity contribution is 9.11. The molecule has 4 nitrogen and oxygen atoms in total. The number of halogens is 3. The van der Waals surface area contributed by atoms with Crippen LogP contribution in [0.5, 0.6) is 0 Å². The molecule has 0 radical (unpaired) electrons. The molecule has 3 aromatic carbocycles. The van der Waals surface area contributed by atoms with Crippen molar-refractivity contribution in [2.45, 2.75) is 102 Å². The van der Waals surface area contributed by atoms with Crippen molar-refractivity contribution in [3.63, 3.8) is 0 Å². The maximum atomic E-state index is 10.8. The minimum Gasteiger partial charge on any atom is -0.396 e. The van der Waals surface area contributed by atoms with E-state index in [9.17, 15) is 8.42 Å². The predicted octanol–water partition coefficient (Wildman–Crippen LogP) is 11.9. The minimum absolute atomic E-state index is 0.270. The number of rotatable bonds is 13. The average molecular weight is 832 g/mol. The Morgan fingerprint density at radius 3 is 1.53 bits per heavy atom. The van der Waals surface area contributed by atoms with Gasteiger partial charge < -0.3 is 5.11 Å². The van der Waals surface area contributed by atoms with E-state index < -0.39 is 10.1 Å². The van der Waals surface area contributed by atoms with Gasteiger partial charge >= 0.3 is 0 Å². The van der Waals surface area contributed by atoms with Crippen LogP contribution in [0, 0.1) is 0 Å². The number of benzene rings is 3. The van der Waals surface area contributed by atoms with Crippen LogP contribution < -0.4 is 0 Å². The second-order valence-corrected chi connectivity index (χ2v) is 16.1. The standard InChI is InChI=1S/C13H19BrO3S.C12H17BrO.C12H15Br/c1-3-11(5-4-10-17-18(2,15)16)12-6-8-13(14)9-7-12;1-2-10(4-3-9-14)11-5-7-12(13)8-6-11;13-12-8-6-11(7-9-12)10-4-2-1-3-5-10/h6-9,11H,3-5,10H2,1-2H3;5-8,10,14H,2-4,9H2,1H3;6-10H,1-5H2/t11-;10-;/m00./s1. The van der Waals surface area contributed by atoms with E-state index in [0.717, 1.165) is 59.6 Å². The molecule has 0 unspecified atom stereocenters. The molecule has 1 aliphatic rings. The van der Waals surface area contributed by atoms with Crippen molar-refractivity contribution >= 4 is 57.9 Å². The zero-order valence-corrected chi connectivity index (χ0v) is 32.6. The van der Waals surface area contributed by atoms with E-state index >= 15 is 0 Å². The van der Waals surface area contributed by atoms with Gasteiger partial charge in [-0.15, -0.1) is 0 Å². The normalized spacial score (nSPS) is 14.8. The van der Waals surface area contributed by atoms with Crippen molar-refractivity contribution < 1.29 is 17.7 Å². The summed E-state index contributed by atoms with van der Waals surface area (Å²) < 4.78 is 29.8. The molecule has 0 heterocycles. The third-order valence-electron chi connectivity index (χ3n) is 8.32. The molecule has 1 saturated carbocycles. The number of aliphatic hydroxyl groups excluding tert-OH is 1. The molecule has 3 aromatic rings. The summed E-state index contributed by atoms with van der Waals surface area (Å²) in [5.41, 5.74) is 4.20. The SMILES string of the molecule is Brc1ccc(C2CCCCC2)cc1.CC[C@@H](CCCO)c1ccc(Br)cc1.CC[C@@H](CCCOS(C)(=O)=O)c1ccc(Br)cc1. The molecule has 1 fully saturated rings. The van der Waals surface area contributed by atoms with E-state index in [1.807, 2.05) is 12.1 Å². The van der Waals surface area contributed by atoms with Gasteiger partial charge in [0.05, 0.1) is 12.9 Å². The molecule has 8 heteroatoms. The lowest BCUT2D eigenvalue weighted by atomic mass is 9.84. The third kappa shape index (κ3) is 17.1. The van der Waals surface area contributed by atoms with E-state index in [1.54, 1.807) is 0 Å². The van der Waals surface area contributed by atoms with E-state index in [2.05, 4.69) is 122 Å². The Bertz CT molecular complexity index is 1290. The lowest BCUT2D eigenvalue weighted by Crippen LogP contribution is -2.06. The molecule has 1 aliphatic carbocycles. The van der Waals surface area contributed by atoms with Crippen molar-refractivity contribution in [3.8, 4) is 0 Å². The molecular formula is C37H51Br3O4S. The zero-order chi connectivity index (χ0) is 33.1. The summed E-state index contributed by atoms with van der Waals surface area (Å²) in [5, 5.41) is 8.79. The summed E-state index contributed by atoms with van der Waals surface area (Å²) >= 11 is 10.3. The maximum absolute atomic E-state index is 10.8. The first kappa shape index (κ1) is 40.1. The Labute approximate surface area is 298 Å². The monoisotopic (exact) mass is 828 g/mol. The highest BCUT2D eigenvalue weighted by Gasteiger charge is 2.15. The van der Waals surface area contributed by atoms with Crippen LogP contribution in [0.2, 0.25) is 0 Å². The van der Waals surface area contributed by atoms with Crippen molar-refractivity contribution in [1.82, 2.24) is 0 Å². The van der Waals surface area contributed by atoms with Crippen molar-refractivity contribution in [2.75, 3.05) is 19.5 Å². The van der Waals surface area contributed by atoms with Crippen LogP contribution in [0.3, 0.4) is 0 Å². The topological polar surface area (TPSA) is 63.6 Å². The fourth-order valence-electron chi connectivity index (χ4n) is 5.73. The molecule has 0 aliphatic heterocycles. The molecule has 0 saturated heterocycles. The van der Waals surface area contributed by atoms with Crippen LogP contribution in [0.25, 0.3) is 0 Å². The molecule has 1 N–H and O–H groups in total. The predicted molar refractivity (Wildman–Crippen MR) is 201 cm³/mol. The average Bonchev–Trinajstić information content (AvgIpc) is 3.04. The Hall–Kier alpha value is -1.03. The summed E-state index contributed by atoms with van der Waals surface area (Å²) in [6.07, 6.45) is 14.0. The smallest absolute Gasteiger partial charge is 0.264 e. The van der Waals surface area contributed by atoms with Crippen LogP contribution >= 0.6 is 47.8 Å². The van der Waals surface area contributed by atoms with E-state index in [0.29, 0.717) is 18.4 Å². The lowest BCUT2D eigenvalue weighted by molar-refractivity contribution is 0.279. The van der Waals surface area contributed by atoms with Gasteiger partial charge in [-0.25, -0.2) is 0 Å². The largest absolute Gasteiger partial charge is 0.396 e. The first-order valence-corrected chi connectivity index (χ1v) is 20.5. The Kier molecular flexibility index (Phi) is 20.1. The molecule has 0 spiro atoms. The van der Waals surface area contributed by atoms with Gasteiger partial charge in [0.1, 0.15) is 0 Å². The van der Waals surface area contributed by atoms with E-state index in [-0.39, 0.29) is 6.61 Å². The Morgan fingerprint density at radius 1 is 0.711 bits per heavy atom. The Morgan fingerprint density at radius 2 is 1.13 bits per heavy atom. The van der Waals surface area contributed by atoms with Crippen LogP contribution in [-0.4, -0.2) is 33.0 Å². The minimum atomic E-state index is -3.31. The van der Waals surface area contributed by atoms with Crippen LogP contribution in [0.1, 0.15) is 119 Å². The second kappa shape index (κ2) is 22.5. The molecule has 45 heavy (non-hydrogen) atoms. The van der Waals surface area contributed by atoms with Crippen molar-refractivity contribution in [3.05, 3.63) is 103 Å². The molecule has 0 aromatic heterocycles. The van der Waals surface area contributed by atoms with E-state index in [1.165, 1.54) is 53.3 Å². The second-order valence-electron chi connectivity index (χ2n) is 11.7. The van der Waals surface area contributed by atoms with Gasteiger partial charge in [-0.3, -0.25) is 4.18 Å². The van der Waals surface area contributed by atoms with Crippen LogP contribution in [0.15, 0.2) is 86.2 Å². The first-order chi connectivity index (χ1) is 21.6. The molecular weight excluding hydrogens is 780 g/mol. The van der Waals surface area contributed by atoms with Gasteiger partial charge in [0.15, 0.2) is 0 Å². The van der Waals surface area contributed by atoms with Gasteiger partial charge in [0, 0.05) is 20.0 Å². The lowest BCUT2D eigenvalue weighted by Gasteiger charge is -2.21. The zero-order valence-electron chi connectivity index (χ0n) is 27.1. The number of aliphatic hydroxyl groups is 1. The maximum Gasteiger partial charge on any atom is 0.264 e. The molecule has 250 valence electrons.